The summed E-state index contributed by atoms with van der Waals surface area (Å²) in [5, 5.41) is 4.87. The van der Waals surface area contributed by atoms with Crippen molar-refractivity contribution in [2.45, 2.75) is 52.6 Å². The Kier molecular flexibility index (Phi) is 3.24. The molecular formula is C17H25N3O. The highest BCUT2D eigenvalue weighted by molar-refractivity contribution is 5.93. The van der Waals surface area contributed by atoms with Crippen LogP contribution in [0.25, 0.3) is 0 Å². The van der Waals surface area contributed by atoms with Gasteiger partial charge in [0.25, 0.3) is 0 Å². The van der Waals surface area contributed by atoms with Gasteiger partial charge in [0.05, 0.1) is 5.69 Å². The van der Waals surface area contributed by atoms with Crippen LogP contribution in [0, 0.1) is 18.3 Å². The van der Waals surface area contributed by atoms with Crippen LogP contribution in [0.4, 0.5) is 10.5 Å². The molecule has 4 nitrogen and oxygen atoms in total. The van der Waals surface area contributed by atoms with Crippen LogP contribution < -0.4 is 15.8 Å². The molecule has 4 heteroatoms. The van der Waals surface area contributed by atoms with E-state index in [2.05, 4.69) is 31.5 Å². The number of hydrogen-bond donors (Lipinski definition) is 2. The Morgan fingerprint density at radius 2 is 2.05 bits per heavy atom. The van der Waals surface area contributed by atoms with E-state index in [-0.39, 0.29) is 17.1 Å². The number of aryl methyl sites for hydroxylation is 1. The average molecular weight is 287 g/mol. The maximum atomic E-state index is 12.4. The molecule has 1 spiro atoms. The van der Waals surface area contributed by atoms with Crippen LogP contribution in [-0.4, -0.2) is 11.7 Å². The molecule has 0 aromatic heterocycles. The number of rotatable bonds is 1. The molecule has 1 aromatic rings. The number of anilines is 1. The predicted molar refractivity (Wildman–Crippen MR) is 84.9 cm³/mol. The number of nitrogens with zero attached hydrogens (tertiary/aromatic N) is 1. The Hall–Kier alpha value is -1.55. The summed E-state index contributed by atoms with van der Waals surface area (Å²) in [6.07, 6.45) is 3.14. The van der Waals surface area contributed by atoms with Crippen LogP contribution >= 0.6 is 0 Å². The molecule has 0 bridgehead atoms. The first-order chi connectivity index (χ1) is 9.79. The summed E-state index contributed by atoms with van der Waals surface area (Å²) in [6, 6.07) is 7.97. The molecule has 0 unspecified atom stereocenters. The van der Waals surface area contributed by atoms with E-state index in [1.54, 1.807) is 5.01 Å². The number of carbonyl (C=O) groups excluding carboxylic acids is 1. The zero-order chi connectivity index (χ0) is 15.3. The van der Waals surface area contributed by atoms with Crippen LogP contribution in [0.2, 0.25) is 0 Å². The van der Waals surface area contributed by atoms with Crippen molar-refractivity contribution in [1.82, 2.24) is 10.7 Å². The van der Waals surface area contributed by atoms with Gasteiger partial charge in [-0.2, -0.15) is 0 Å². The van der Waals surface area contributed by atoms with Gasteiger partial charge >= 0.3 is 6.03 Å². The molecule has 2 N–H and O–H groups in total. The quantitative estimate of drug-likeness (QED) is 0.829. The van der Waals surface area contributed by atoms with Crippen LogP contribution in [0.3, 0.4) is 0 Å². The number of hydrazine groups is 1. The third-order valence-electron chi connectivity index (χ3n) is 4.51. The predicted octanol–water partition coefficient (Wildman–Crippen LogP) is 3.57. The first-order valence-electron chi connectivity index (χ1n) is 7.75. The van der Waals surface area contributed by atoms with Crippen molar-refractivity contribution >= 4 is 11.7 Å². The van der Waals surface area contributed by atoms with Gasteiger partial charge in [0.2, 0.25) is 0 Å². The van der Waals surface area contributed by atoms with Gasteiger partial charge in [-0.3, -0.25) is 0 Å². The van der Waals surface area contributed by atoms with Crippen LogP contribution in [-0.2, 0) is 0 Å². The second-order valence-corrected chi connectivity index (χ2v) is 7.65. The van der Waals surface area contributed by atoms with Gasteiger partial charge in [0.15, 0.2) is 0 Å². The summed E-state index contributed by atoms with van der Waals surface area (Å²) in [4.78, 5) is 12.4. The van der Waals surface area contributed by atoms with E-state index < -0.39 is 0 Å². The largest absolute Gasteiger partial charge is 0.338 e. The topological polar surface area (TPSA) is 44.4 Å². The van der Waals surface area contributed by atoms with E-state index in [9.17, 15) is 4.79 Å². The van der Waals surface area contributed by atoms with E-state index in [1.165, 1.54) is 6.42 Å². The second kappa shape index (κ2) is 4.73. The lowest BCUT2D eigenvalue weighted by Crippen LogP contribution is -2.57. The number of hydrogen-bond acceptors (Lipinski definition) is 2. The van der Waals surface area contributed by atoms with Gasteiger partial charge in [-0.25, -0.2) is 15.2 Å². The van der Waals surface area contributed by atoms with Crippen LogP contribution in [0.15, 0.2) is 24.3 Å². The van der Waals surface area contributed by atoms with E-state index in [1.807, 2.05) is 31.2 Å². The maximum Gasteiger partial charge on any atom is 0.338 e. The van der Waals surface area contributed by atoms with Crippen molar-refractivity contribution in [2.24, 2.45) is 11.3 Å². The summed E-state index contributed by atoms with van der Waals surface area (Å²) in [5.41, 5.74) is 5.45. The van der Waals surface area contributed by atoms with Crippen molar-refractivity contribution in [2.75, 3.05) is 5.01 Å². The number of carbonyl (C=O) groups is 1. The molecule has 1 heterocycles. The molecular weight excluding hydrogens is 262 g/mol. The van der Waals surface area contributed by atoms with Gasteiger partial charge in [0.1, 0.15) is 5.66 Å². The SMILES string of the molecule is Cc1cccc(N2N[C@]3(C[C@H](C)CC(C)(C)C3)NC2=O)c1. The maximum absolute atomic E-state index is 12.4. The smallest absolute Gasteiger partial charge is 0.317 e. The molecule has 2 atom stereocenters. The summed E-state index contributed by atoms with van der Waals surface area (Å²) in [6.45, 7) is 8.88. The Morgan fingerprint density at radius 3 is 2.71 bits per heavy atom. The summed E-state index contributed by atoms with van der Waals surface area (Å²) in [5.74, 6) is 0.596. The van der Waals surface area contributed by atoms with Crippen molar-refractivity contribution in [3.05, 3.63) is 29.8 Å². The molecule has 1 saturated heterocycles. The van der Waals surface area contributed by atoms with Gasteiger partial charge in [-0.1, -0.05) is 32.9 Å². The Bertz CT molecular complexity index is 569. The summed E-state index contributed by atoms with van der Waals surface area (Å²) >= 11 is 0. The summed E-state index contributed by atoms with van der Waals surface area (Å²) in [7, 11) is 0. The molecule has 0 radical (unpaired) electrons. The van der Waals surface area contributed by atoms with Crippen molar-refractivity contribution in [3.63, 3.8) is 0 Å². The number of nitrogens with one attached hydrogen (secondary N) is 2. The highest BCUT2D eigenvalue weighted by atomic mass is 16.2. The first kappa shape index (κ1) is 14.4. The van der Waals surface area contributed by atoms with E-state index in [0.717, 1.165) is 24.1 Å². The molecule has 1 saturated carbocycles. The van der Waals surface area contributed by atoms with Gasteiger partial charge < -0.3 is 5.32 Å². The van der Waals surface area contributed by atoms with E-state index >= 15 is 0 Å². The molecule has 2 fully saturated rings. The Morgan fingerprint density at radius 1 is 1.29 bits per heavy atom. The molecule has 2 amide bonds. The molecule has 1 aliphatic heterocycles. The molecule has 114 valence electrons. The number of urea groups is 1. The minimum atomic E-state index is -0.304. The average Bonchev–Trinajstić information content (AvgIpc) is 2.62. The molecule has 1 aromatic carbocycles. The molecule has 3 rings (SSSR count). The number of amides is 2. The fourth-order valence-corrected chi connectivity index (χ4v) is 4.25. The van der Waals surface area contributed by atoms with Crippen molar-refractivity contribution in [3.8, 4) is 0 Å². The fourth-order valence-electron chi connectivity index (χ4n) is 4.25. The molecule has 1 aliphatic carbocycles. The lowest BCUT2D eigenvalue weighted by Gasteiger charge is -2.45. The first-order valence-corrected chi connectivity index (χ1v) is 7.75. The standard InChI is InChI=1S/C17H25N3O/c1-12-6-5-7-14(8-12)20-15(21)18-17(19-20)10-13(2)9-16(3,4)11-17/h5-8,13,19H,9-11H2,1-4H3,(H,18,21)/t13-,17+/m1/s1. The third kappa shape index (κ3) is 2.77. The third-order valence-corrected chi connectivity index (χ3v) is 4.51. The van der Waals surface area contributed by atoms with Gasteiger partial charge in [-0.05, 0) is 55.2 Å². The minimum Gasteiger partial charge on any atom is -0.317 e. The molecule has 21 heavy (non-hydrogen) atoms. The normalized spacial score (nSPS) is 31.5. The fraction of sp³-hybridized carbons (Fsp3) is 0.588. The van der Waals surface area contributed by atoms with Gasteiger partial charge in [0, 0.05) is 0 Å². The number of benzene rings is 1. The van der Waals surface area contributed by atoms with E-state index in [4.69, 9.17) is 0 Å². The Labute approximate surface area is 126 Å². The summed E-state index contributed by atoms with van der Waals surface area (Å²) < 4.78 is 0. The lowest BCUT2D eigenvalue weighted by molar-refractivity contribution is 0.0812. The Balaban J connectivity index is 1.87. The van der Waals surface area contributed by atoms with Gasteiger partial charge in [-0.15, -0.1) is 0 Å². The van der Waals surface area contributed by atoms with Crippen LogP contribution in [0.1, 0.15) is 45.6 Å². The highest BCUT2D eigenvalue weighted by Gasteiger charge is 2.49. The van der Waals surface area contributed by atoms with E-state index in [0.29, 0.717) is 5.92 Å². The van der Waals surface area contributed by atoms with Crippen molar-refractivity contribution in [1.29, 1.82) is 0 Å². The van der Waals surface area contributed by atoms with Crippen LogP contribution in [0.5, 0.6) is 0 Å². The van der Waals surface area contributed by atoms with Crippen molar-refractivity contribution < 1.29 is 4.79 Å². The zero-order valence-corrected chi connectivity index (χ0v) is 13.4. The lowest BCUT2D eigenvalue weighted by atomic mass is 9.68. The minimum absolute atomic E-state index is 0.0505. The zero-order valence-electron chi connectivity index (χ0n) is 13.4. The monoisotopic (exact) mass is 287 g/mol. The second-order valence-electron chi connectivity index (χ2n) is 7.65. The highest BCUT2D eigenvalue weighted by Crippen LogP contribution is 2.44. The molecule has 2 aliphatic rings.